The van der Waals surface area contributed by atoms with Crippen LogP contribution in [-0.4, -0.2) is 17.9 Å². The number of nitrogens with zero attached hydrogens (tertiary/aromatic N) is 1. The van der Waals surface area contributed by atoms with Crippen LogP contribution in [0.5, 0.6) is 0 Å². The van der Waals surface area contributed by atoms with Crippen molar-refractivity contribution in [3.8, 4) is 0 Å². The summed E-state index contributed by atoms with van der Waals surface area (Å²) in [5.41, 5.74) is 0.886. The van der Waals surface area contributed by atoms with Crippen LogP contribution in [0.4, 0.5) is 0 Å². The smallest absolute Gasteiger partial charge is 0.246 e. The van der Waals surface area contributed by atoms with Crippen molar-refractivity contribution in [2.75, 3.05) is 7.05 Å². The Kier molecular flexibility index (Phi) is 5.03. The molecule has 92 valence electrons. The molecule has 1 rings (SSSR count). The third kappa shape index (κ3) is 3.48. The summed E-state index contributed by atoms with van der Waals surface area (Å²) in [6.07, 6.45) is 3.25. The molecule has 0 saturated heterocycles. The SMILES string of the molecule is CC=CC(=O)N(C)C(C)c1ccc(Cl)cc1Cl. The normalized spacial score (nSPS) is 12.8. The van der Waals surface area contributed by atoms with Gasteiger partial charge >= 0.3 is 0 Å². The highest BCUT2D eigenvalue weighted by Crippen LogP contribution is 2.29. The van der Waals surface area contributed by atoms with Gasteiger partial charge in [-0.15, -0.1) is 0 Å². The van der Waals surface area contributed by atoms with Crippen molar-refractivity contribution < 1.29 is 4.79 Å². The monoisotopic (exact) mass is 271 g/mol. The summed E-state index contributed by atoms with van der Waals surface area (Å²) >= 11 is 11.9. The van der Waals surface area contributed by atoms with Crippen molar-refractivity contribution in [1.29, 1.82) is 0 Å². The molecule has 0 aliphatic carbocycles. The van der Waals surface area contributed by atoms with Gasteiger partial charge in [-0.05, 0) is 37.6 Å². The zero-order chi connectivity index (χ0) is 13.0. The van der Waals surface area contributed by atoms with Crippen LogP contribution in [-0.2, 0) is 4.79 Å². The summed E-state index contributed by atoms with van der Waals surface area (Å²) in [5, 5.41) is 1.17. The Hall–Kier alpha value is -0.990. The van der Waals surface area contributed by atoms with Crippen LogP contribution in [0.2, 0.25) is 10.0 Å². The molecule has 4 heteroatoms. The molecule has 0 saturated carbocycles. The fraction of sp³-hybridized carbons (Fsp3) is 0.308. The largest absolute Gasteiger partial charge is 0.335 e. The predicted molar refractivity (Wildman–Crippen MR) is 72.5 cm³/mol. The Labute approximate surface area is 112 Å². The Morgan fingerprint density at radius 3 is 2.59 bits per heavy atom. The van der Waals surface area contributed by atoms with Crippen LogP contribution in [0.15, 0.2) is 30.4 Å². The second-order valence-corrected chi connectivity index (χ2v) is 4.63. The van der Waals surface area contributed by atoms with Gasteiger partial charge in [-0.25, -0.2) is 0 Å². The quantitative estimate of drug-likeness (QED) is 0.759. The second-order valence-electron chi connectivity index (χ2n) is 3.79. The van der Waals surface area contributed by atoms with Crippen LogP contribution in [0.1, 0.15) is 25.5 Å². The van der Waals surface area contributed by atoms with E-state index in [0.29, 0.717) is 10.0 Å². The van der Waals surface area contributed by atoms with Crippen LogP contribution in [0.25, 0.3) is 0 Å². The molecule has 0 bridgehead atoms. The molecule has 0 heterocycles. The fourth-order valence-corrected chi connectivity index (χ4v) is 2.07. The number of rotatable bonds is 3. The molecule has 1 unspecified atom stereocenters. The first-order valence-corrected chi connectivity index (χ1v) is 6.07. The Morgan fingerprint density at radius 2 is 2.06 bits per heavy atom. The van der Waals surface area contributed by atoms with Gasteiger partial charge in [0.05, 0.1) is 6.04 Å². The highest BCUT2D eigenvalue weighted by molar-refractivity contribution is 6.35. The van der Waals surface area contributed by atoms with Crippen molar-refractivity contribution in [1.82, 2.24) is 4.90 Å². The summed E-state index contributed by atoms with van der Waals surface area (Å²) in [7, 11) is 1.75. The number of hydrogen-bond acceptors (Lipinski definition) is 1. The fourth-order valence-electron chi connectivity index (χ4n) is 1.50. The van der Waals surface area contributed by atoms with Crippen LogP contribution >= 0.6 is 23.2 Å². The lowest BCUT2D eigenvalue weighted by atomic mass is 10.1. The molecular weight excluding hydrogens is 257 g/mol. The molecule has 1 amide bonds. The first-order chi connectivity index (χ1) is 7.97. The van der Waals surface area contributed by atoms with Gasteiger partial charge in [0.2, 0.25) is 5.91 Å². The van der Waals surface area contributed by atoms with E-state index >= 15 is 0 Å². The average Bonchev–Trinajstić information content (AvgIpc) is 2.27. The maximum atomic E-state index is 11.7. The molecule has 17 heavy (non-hydrogen) atoms. The first-order valence-electron chi connectivity index (χ1n) is 5.31. The molecule has 0 radical (unpaired) electrons. The van der Waals surface area contributed by atoms with E-state index in [2.05, 4.69) is 0 Å². The summed E-state index contributed by atoms with van der Waals surface area (Å²) in [4.78, 5) is 13.3. The molecule has 1 aromatic rings. The number of amides is 1. The highest BCUT2D eigenvalue weighted by atomic mass is 35.5. The van der Waals surface area contributed by atoms with Crippen molar-refractivity contribution in [3.63, 3.8) is 0 Å². The third-order valence-electron chi connectivity index (χ3n) is 2.65. The van der Waals surface area contributed by atoms with E-state index < -0.39 is 0 Å². The topological polar surface area (TPSA) is 20.3 Å². The van der Waals surface area contributed by atoms with E-state index in [0.717, 1.165) is 5.56 Å². The van der Waals surface area contributed by atoms with Gasteiger partial charge in [0, 0.05) is 17.1 Å². The van der Waals surface area contributed by atoms with E-state index in [1.54, 1.807) is 30.2 Å². The van der Waals surface area contributed by atoms with Crippen molar-refractivity contribution in [2.45, 2.75) is 19.9 Å². The van der Waals surface area contributed by atoms with E-state index in [4.69, 9.17) is 23.2 Å². The molecule has 0 spiro atoms. The van der Waals surface area contributed by atoms with E-state index in [-0.39, 0.29) is 11.9 Å². The minimum atomic E-state index is -0.0940. The number of benzene rings is 1. The molecule has 0 N–H and O–H groups in total. The zero-order valence-corrected chi connectivity index (χ0v) is 11.6. The number of hydrogen-bond donors (Lipinski definition) is 0. The van der Waals surface area contributed by atoms with Crippen LogP contribution in [0, 0.1) is 0 Å². The number of carbonyl (C=O) groups is 1. The minimum absolute atomic E-state index is 0.0500. The highest BCUT2D eigenvalue weighted by Gasteiger charge is 2.17. The van der Waals surface area contributed by atoms with Gasteiger partial charge in [0.1, 0.15) is 0 Å². The standard InChI is InChI=1S/C13H15Cl2NO/c1-4-5-13(17)16(3)9(2)11-7-6-10(14)8-12(11)15/h4-9H,1-3H3. The third-order valence-corrected chi connectivity index (χ3v) is 3.21. The molecular formula is C13H15Cl2NO. The van der Waals surface area contributed by atoms with Crippen molar-refractivity contribution >= 4 is 29.1 Å². The minimum Gasteiger partial charge on any atom is -0.335 e. The Balaban J connectivity index is 2.96. The molecule has 0 aromatic heterocycles. The average molecular weight is 272 g/mol. The van der Waals surface area contributed by atoms with E-state index in [1.165, 1.54) is 6.08 Å². The van der Waals surface area contributed by atoms with Crippen LogP contribution in [0.3, 0.4) is 0 Å². The van der Waals surface area contributed by atoms with E-state index in [1.807, 2.05) is 19.9 Å². The molecule has 2 nitrogen and oxygen atoms in total. The number of likely N-dealkylation sites (N-methyl/N-ethyl adjacent to an activating group) is 1. The number of carbonyl (C=O) groups excluding carboxylic acids is 1. The number of allylic oxidation sites excluding steroid dienone is 1. The number of halogens is 2. The summed E-state index contributed by atoms with van der Waals surface area (Å²) in [5.74, 6) is -0.0500. The summed E-state index contributed by atoms with van der Waals surface area (Å²) in [6.45, 7) is 3.74. The molecule has 0 aliphatic rings. The van der Waals surface area contributed by atoms with Crippen LogP contribution < -0.4 is 0 Å². The predicted octanol–water partition coefficient (Wildman–Crippen LogP) is 4.09. The lowest BCUT2D eigenvalue weighted by Crippen LogP contribution is -2.28. The van der Waals surface area contributed by atoms with Gasteiger partial charge < -0.3 is 4.90 Å². The second kappa shape index (κ2) is 6.08. The van der Waals surface area contributed by atoms with Gasteiger partial charge in [-0.1, -0.05) is 35.3 Å². The lowest BCUT2D eigenvalue weighted by molar-refractivity contribution is -0.126. The molecule has 1 aromatic carbocycles. The zero-order valence-electron chi connectivity index (χ0n) is 10.1. The maximum Gasteiger partial charge on any atom is 0.246 e. The summed E-state index contributed by atoms with van der Waals surface area (Å²) in [6, 6.07) is 5.20. The Morgan fingerprint density at radius 1 is 1.41 bits per heavy atom. The first kappa shape index (κ1) is 14.1. The summed E-state index contributed by atoms with van der Waals surface area (Å²) < 4.78 is 0. The molecule has 1 atom stereocenters. The Bertz CT molecular complexity index is 443. The van der Waals surface area contributed by atoms with Gasteiger partial charge in [-0.2, -0.15) is 0 Å². The van der Waals surface area contributed by atoms with Gasteiger partial charge in [-0.3, -0.25) is 4.79 Å². The molecule has 0 aliphatic heterocycles. The molecule has 0 fully saturated rings. The van der Waals surface area contributed by atoms with Crippen molar-refractivity contribution in [2.24, 2.45) is 0 Å². The maximum absolute atomic E-state index is 11.7. The van der Waals surface area contributed by atoms with Gasteiger partial charge in [0.15, 0.2) is 0 Å². The van der Waals surface area contributed by atoms with Crippen molar-refractivity contribution in [3.05, 3.63) is 46.0 Å². The van der Waals surface area contributed by atoms with Gasteiger partial charge in [0.25, 0.3) is 0 Å². The van der Waals surface area contributed by atoms with E-state index in [9.17, 15) is 4.79 Å². The lowest BCUT2D eigenvalue weighted by Gasteiger charge is -2.25.